The number of nitrogens with zero attached hydrogens (tertiary/aromatic N) is 2. The highest BCUT2D eigenvalue weighted by Gasteiger charge is 2.28. The van der Waals surface area contributed by atoms with E-state index in [1.807, 2.05) is 0 Å². The van der Waals surface area contributed by atoms with Crippen LogP contribution in [-0.4, -0.2) is 59.4 Å². The van der Waals surface area contributed by atoms with Gasteiger partial charge in [-0.2, -0.15) is 5.10 Å². The van der Waals surface area contributed by atoms with E-state index in [-0.39, 0.29) is 11.9 Å². The first-order valence-electron chi connectivity index (χ1n) is 7.98. The molecule has 22 heavy (non-hydrogen) atoms. The highest BCUT2D eigenvalue weighted by molar-refractivity contribution is 6.34. The first-order valence-corrected chi connectivity index (χ1v) is 8.36. The molecule has 2 N–H and O–H groups in total. The standard InChI is InChI=1S/C15H23ClN4O2/c1-10-13(16)14(19-18-10)15(21)17-11-2-6-20(7-3-11)12-4-8-22-9-5-12/h11-12H,2-9H2,1H3,(H,17,21)(H,18,19). The number of hydrogen-bond donors (Lipinski definition) is 2. The Bertz CT molecular complexity index is 520. The second-order valence-electron chi connectivity index (χ2n) is 6.14. The van der Waals surface area contributed by atoms with E-state index in [9.17, 15) is 4.79 Å². The predicted molar refractivity (Wildman–Crippen MR) is 84.2 cm³/mol. The Morgan fingerprint density at radius 1 is 1.32 bits per heavy atom. The zero-order chi connectivity index (χ0) is 15.5. The van der Waals surface area contributed by atoms with Crippen molar-refractivity contribution in [2.24, 2.45) is 0 Å². The van der Waals surface area contributed by atoms with Gasteiger partial charge in [0.05, 0.1) is 10.7 Å². The molecule has 122 valence electrons. The zero-order valence-corrected chi connectivity index (χ0v) is 13.7. The van der Waals surface area contributed by atoms with E-state index in [0.717, 1.165) is 57.7 Å². The number of likely N-dealkylation sites (tertiary alicyclic amines) is 1. The van der Waals surface area contributed by atoms with Gasteiger partial charge in [0.15, 0.2) is 5.69 Å². The molecule has 1 amide bonds. The van der Waals surface area contributed by atoms with Gasteiger partial charge in [0.25, 0.3) is 5.91 Å². The molecule has 7 heteroatoms. The number of piperidine rings is 1. The highest BCUT2D eigenvalue weighted by Crippen LogP contribution is 2.21. The molecule has 3 heterocycles. The smallest absolute Gasteiger partial charge is 0.273 e. The van der Waals surface area contributed by atoms with Crippen molar-refractivity contribution in [2.45, 2.75) is 44.7 Å². The largest absolute Gasteiger partial charge is 0.381 e. The van der Waals surface area contributed by atoms with Crippen LogP contribution in [0.4, 0.5) is 0 Å². The molecule has 6 nitrogen and oxygen atoms in total. The Labute approximate surface area is 135 Å². The summed E-state index contributed by atoms with van der Waals surface area (Å²) in [6.07, 6.45) is 4.20. The number of nitrogens with one attached hydrogen (secondary N) is 2. The van der Waals surface area contributed by atoms with Crippen LogP contribution in [0.15, 0.2) is 0 Å². The summed E-state index contributed by atoms with van der Waals surface area (Å²) in [4.78, 5) is 14.8. The number of halogens is 1. The molecule has 0 atom stereocenters. The van der Waals surface area contributed by atoms with Crippen LogP contribution in [0.1, 0.15) is 41.9 Å². The molecule has 0 spiro atoms. The molecule has 0 bridgehead atoms. The van der Waals surface area contributed by atoms with E-state index in [1.54, 1.807) is 6.92 Å². The highest BCUT2D eigenvalue weighted by atomic mass is 35.5. The summed E-state index contributed by atoms with van der Waals surface area (Å²) in [7, 11) is 0. The molecular formula is C15H23ClN4O2. The lowest BCUT2D eigenvalue weighted by molar-refractivity contribution is 0.0238. The van der Waals surface area contributed by atoms with Crippen LogP contribution in [0.25, 0.3) is 0 Å². The van der Waals surface area contributed by atoms with Gasteiger partial charge in [-0.3, -0.25) is 9.89 Å². The Morgan fingerprint density at radius 3 is 2.59 bits per heavy atom. The number of hydrogen-bond acceptors (Lipinski definition) is 4. The lowest BCUT2D eigenvalue weighted by Crippen LogP contribution is -2.49. The van der Waals surface area contributed by atoms with Crippen LogP contribution < -0.4 is 5.32 Å². The average Bonchev–Trinajstić information content (AvgIpc) is 2.88. The van der Waals surface area contributed by atoms with Gasteiger partial charge in [-0.1, -0.05) is 11.6 Å². The average molecular weight is 327 g/mol. The first-order chi connectivity index (χ1) is 10.6. The van der Waals surface area contributed by atoms with E-state index >= 15 is 0 Å². The summed E-state index contributed by atoms with van der Waals surface area (Å²) in [6, 6.07) is 0.852. The maximum absolute atomic E-state index is 12.2. The zero-order valence-electron chi connectivity index (χ0n) is 12.9. The Morgan fingerprint density at radius 2 is 2.00 bits per heavy atom. The van der Waals surface area contributed by atoms with E-state index in [2.05, 4.69) is 20.4 Å². The molecule has 2 aliphatic rings. The number of aromatic nitrogens is 2. The minimum atomic E-state index is -0.182. The number of rotatable bonds is 3. The van der Waals surface area contributed by atoms with E-state index in [1.165, 1.54) is 0 Å². The number of aryl methyl sites for hydroxylation is 1. The van der Waals surface area contributed by atoms with Crippen molar-refractivity contribution in [3.05, 3.63) is 16.4 Å². The van der Waals surface area contributed by atoms with Crippen molar-refractivity contribution in [2.75, 3.05) is 26.3 Å². The fourth-order valence-electron chi connectivity index (χ4n) is 3.28. The number of aromatic amines is 1. The van der Waals surface area contributed by atoms with Crippen molar-refractivity contribution < 1.29 is 9.53 Å². The van der Waals surface area contributed by atoms with Crippen molar-refractivity contribution >= 4 is 17.5 Å². The molecule has 0 aromatic carbocycles. The monoisotopic (exact) mass is 326 g/mol. The van der Waals surface area contributed by atoms with Crippen molar-refractivity contribution in [3.63, 3.8) is 0 Å². The Hall–Kier alpha value is -1.11. The number of H-pyrrole nitrogens is 1. The van der Waals surface area contributed by atoms with Crippen molar-refractivity contribution in [3.8, 4) is 0 Å². The normalized spacial score (nSPS) is 21.9. The van der Waals surface area contributed by atoms with Crippen molar-refractivity contribution in [1.82, 2.24) is 20.4 Å². The summed E-state index contributed by atoms with van der Waals surface area (Å²) in [5, 5.41) is 10.2. The van der Waals surface area contributed by atoms with Gasteiger partial charge in [-0.15, -0.1) is 0 Å². The fraction of sp³-hybridized carbons (Fsp3) is 0.733. The molecule has 2 saturated heterocycles. The summed E-state index contributed by atoms with van der Waals surface area (Å²) in [6.45, 7) is 5.61. The predicted octanol–water partition coefficient (Wildman–Crippen LogP) is 1.74. The molecular weight excluding hydrogens is 304 g/mol. The van der Waals surface area contributed by atoms with E-state index in [4.69, 9.17) is 16.3 Å². The maximum Gasteiger partial charge on any atom is 0.273 e. The van der Waals surface area contributed by atoms with Gasteiger partial charge in [0.2, 0.25) is 0 Å². The van der Waals surface area contributed by atoms with E-state index in [0.29, 0.717) is 16.8 Å². The topological polar surface area (TPSA) is 70.2 Å². The second kappa shape index (κ2) is 6.98. The number of amides is 1. The van der Waals surface area contributed by atoms with Crippen LogP contribution in [0.2, 0.25) is 5.02 Å². The molecule has 2 fully saturated rings. The van der Waals surface area contributed by atoms with Crippen LogP contribution in [0, 0.1) is 6.92 Å². The van der Waals surface area contributed by atoms with Crippen LogP contribution in [-0.2, 0) is 4.74 Å². The fourth-order valence-corrected chi connectivity index (χ4v) is 3.45. The molecule has 0 radical (unpaired) electrons. The Kier molecular flexibility index (Phi) is 5.00. The maximum atomic E-state index is 12.2. The molecule has 0 aliphatic carbocycles. The summed E-state index contributed by atoms with van der Waals surface area (Å²) >= 11 is 6.07. The molecule has 2 aliphatic heterocycles. The van der Waals surface area contributed by atoms with Crippen molar-refractivity contribution in [1.29, 1.82) is 0 Å². The number of carbonyl (C=O) groups is 1. The van der Waals surface area contributed by atoms with Gasteiger partial charge >= 0.3 is 0 Å². The molecule has 0 unspecified atom stereocenters. The summed E-state index contributed by atoms with van der Waals surface area (Å²) in [5.41, 5.74) is 1.02. The van der Waals surface area contributed by atoms with Gasteiger partial charge in [0.1, 0.15) is 0 Å². The van der Waals surface area contributed by atoms with Crippen LogP contribution in [0.5, 0.6) is 0 Å². The third-order valence-corrected chi connectivity index (χ3v) is 5.12. The van der Waals surface area contributed by atoms with Gasteiger partial charge < -0.3 is 15.0 Å². The van der Waals surface area contributed by atoms with Gasteiger partial charge in [0, 0.05) is 38.4 Å². The van der Waals surface area contributed by atoms with Gasteiger partial charge in [-0.05, 0) is 32.6 Å². The minimum absolute atomic E-state index is 0.182. The van der Waals surface area contributed by atoms with E-state index < -0.39 is 0 Å². The SMILES string of the molecule is Cc1[nH]nc(C(=O)NC2CCN(C3CCOCC3)CC2)c1Cl. The lowest BCUT2D eigenvalue weighted by atomic mass is 9.99. The molecule has 3 rings (SSSR count). The molecule has 0 saturated carbocycles. The third-order valence-electron chi connectivity index (χ3n) is 4.66. The molecule has 1 aromatic rings. The Balaban J connectivity index is 1.49. The first kappa shape index (κ1) is 15.8. The van der Waals surface area contributed by atoms with Crippen LogP contribution >= 0.6 is 11.6 Å². The van der Waals surface area contributed by atoms with Gasteiger partial charge in [-0.25, -0.2) is 0 Å². The second-order valence-corrected chi connectivity index (χ2v) is 6.52. The lowest BCUT2D eigenvalue weighted by Gasteiger charge is -2.39. The number of carbonyl (C=O) groups excluding carboxylic acids is 1. The third kappa shape index (κ3) is 3.45. The molecule has 1 aromatic heterocycles. The minimum Gasteiger partial charge on any atom is -0.381 e. The van der Waals surface area contributed by atoms with Crippen LogP contribution in [0.3, 0.4) is 0 Å². The number of ether oxygens (including phenoxy) is 1. The quantitative estimate of drug-likeness (QED) is 0.887. The summed E-state index contributed by atoms with van der Waals surface area (Å²) in [5.74, 6) is -0.182. The summed E-state index contributed by atoms with van der Waals surface area (Å²) < 4.78 is 5.42.